The number of pyridine rings is 1. The molecule has 1 aliphatic carbocycles. The largest absolute Gasteiger partial charge is 0.465 e. The first-order valence-electron chi connectivity index (χ1n) is 10.6. The number of hydrogen-bond acceptors (Lipinski definition) is 6. The SMILES string of the molecule is COC(=O)c1ccc(COC(=O)c2c3c(nc4ccccc24)C(=Cc2ccco2)CC3)cc1. The molecule has 2 aromatic carbocycles. The number of rotatable bonds is 5. The van der Waals surface area contributed by atoms with E-state index in [1.54, 1.807) is 30.5 Å². The van der Waals surface area contributed by atoms with Crippen LogP contribution >= 0.6 is 0 Å². The third-order valence-electron chi connectivity index (χ3n) is 5.75. The summed E-state index contributed by atoms with van der Waals surface area (Å²) in [5.74, 6) is -0.0377. The molecule has 0 aliphatic heterocycles. The van der Waals surface area contributed by atoms with Crippen LogP contribution in [0.15, 0.2) is 71.3 Å². The van der Waals surface area contributed by atoms with Crippen LogP contribution in [0.2, 0.25) is 0 Å². The third kappa shape index (κ3) is 4.03. The second kappa shape index (κ2) is 8.74. The van der Waals surface area contributed by atoms with Gasteiger partial charge in [0.15, 0.2) is 0 Å². The van der Waals surface area contributed by atoms with Crippen molar-refractivity contribution in [1.82, 2.24) is 4.98 Å². The molecule has 0 bridgehead atoms. The summed E-state index contributed by atoms with van der Waals surface area (Å²) in [6.45, 7) is 0.0980. The molecule has 1 aliphatic rings. The molecule has 33 heavy (non-hydrogen) atoms. The Balaban J connectivity index is 1.46. The zero-order chi connectivity index (χ0) is 22.8. The quantitative estimate of drug-likeness (QED) is 0.384. The maximum absolute atomic E-state index is 13.3. The van der Waals surface area contributed by atoms with Crippen LogP contribution in [0, 0.1) is 0 Å². The molecular formula is C27H21NO5. The minimum absolute atomic E-state index is 0.0980. The second-order valence-electron chi connectivity index (χ2n) is 7.78. The van der Waals surface area contributed by atoms with Crippen molar-refractivity contribution in [1.29, 1.82) is 0 Å². The van der Waals surface area contributed by atoms with E-state index in [9.17, 15) is 9.59 Å². The van der Waals surface area contributed by atoms with E-state index in [1.807, 2.05) is 42.5 Å². The van der Waals surface area contributed by atoms with Gasteiger partial charge in [-0.2, -0.15) is 0 Å². The highest BCUT2D eigenvalue weighted by atomic mass is 16.5. The fourth-order valence-corrected chi connectivity index (χ4v) is 4.13. The maximum atomic E-state index is 13.3. The molecule has 0 amide bonds. The molecule has 0 N–H and O–H groups in total. The number of hydrogen-bond donors (Lipinski definition) is 0. The van der Waals surface area contributed by atoms with Crippen molar-refractivity contribution in [2.75, 3.05) is 7.11 Å². The fraction of sp³-hybridized carbons (Fsp3) is 0.148. The van der Waals surface area contributed by atoms with Crippen LogP contribution in [0.25, 0.3) is 22.6 Å². The van der Waals surface area contributed by atoms with E-state index >= 15 is 0 Å². The van der Waals surface area contributed by atoms with Crippen molar-refractivity contribution in [2.45, 2.75) is 19.4 Å². The highest BCUT2D eigenvalue weighted by molar-refractivity contribution is 6.07. The Morgan fingerprint density at radius 3 is 2.58 bits per heavy atom. The monoisotopic (exact) mass is 439 g/mol. The van der Waals surface area contributed by atoms with E-state index < -0.39 is 5.97 Å². The molecule has 2 aromatic heterocycles. The Morgan fingerprint density at radius 2 is 1.82 bits per heavy atom. The second-order valence-corrected chi connectivity index (χ2v) is 7.78. The zero-order valence-electron chi connectivity index (χ0n) is 18.0. The van der Waals surface area contributed by atoms with Gasteiger partial charge in [-0.25, -0.2) is 14.6 Å². The molecule has 0 fully saturated rings. The molecular weight excluding hydrogens is 418 g/mol. The van der Waals surface area contributed by atoms with Gasteiger partial charge in [0.25, 0.3) is 0 Å². The Labute approximate surface area is 190 Å². The first-order valence-corrected chi connectivity index (χ1v) is 10.6. The summed E-state index contributed by atoms with van der Waals surface area (Å²) in [4.78, 5) is 29.7. The van der Waals surface area contributed by atoms with Gasteiger partial charge in [0, 0.05) is 5.39 Å². The molecule has 164 valence electrons. The van der Waals surface area contributed by atoms with Gasteiger partial charge >= 0.3 is 11.9 Å². The van der Waals surface area contributed by atoms with Gasteiger partial charge in [0.1, 0.15) is 12.4 Å². The molecule has 0 radical (unpaired) electrons. The number of para-hydroxylation sites is 1. The highest BCUT2D eigenvalue weighted by Gasteiger charge is 2.27. The van der Waals surface area contributed by atoms with Crippen molar-refractivity contribution >= 4 is 34.5 Å². The highest BCUT2D eigenvalue weighted by Crippen LogP contribution is 2.37. The lowest BCUT2D eigenvalue weighted by Gasteiger charge is -2.12. The smallest absolute Gasteiger partial charge is 0.339 e. The summed E-state index contributed by atoms with van der Waals surface area (Å²) in [5, 5.41) is 0.779. The number of esters is 2. The van der Waals surface area contributed by atoms with Crippen LogP contribution in [0.3, 0.4) is 0 Å². The number of aromatic nitrogens is 1. The van der Waals surface area contributed by atoms with Crippen molar-refractivity contribution in [2.24, 2.45) is 0 Å². The van der Waals surface area contributed by atoms with E-state index in [0.717, 1.165) is 45.5 Å². The number of ether oxygens (including phenoxy) is 2. The predicted octanol–water partition coefficient (Wildman–Crippen LogP) is 5.46. The molecule has 2 heterocycles. The summed E-state index contributed by atoms with van der Waals surface area (Å²) in [5.41, 5.74) is 5.29. The lowest BCUT2D eigenvalue weighted by atomic mass is 10.0. The van der Waals surface area contributed by atoms with Crippen LogP contribution < -0.4 is 0 Å². The number of furan rings is 1. The molecule has 0 atom stereocenters. The first-order chi connectivity index (χ1) is 16.1. The Morgan fingerprint density at radius 1 is 1.00 bits per heavy atom. The van der Waals surface area contributed by atoms with Crippen LogP contribution in [0.4, 0.5) is 0 Å². The average Bonchev–Trinajstić information content (AvgIpc) is 3.51. The van der Waals surface area contributed by atoms with Gasteiger partial charge in [-0.15, -0.1) is 0 Å². The Bertz CT molecular complexity index is 1370. The zero-order valence-corrected chi connectivity index (χ0v) is 18.0. The normalized spacial score (nSPS) is 13.8. The van der Waals surface area contributed by atoms with Crippen LogP contribution in [-0.2, 0) is 22.5 Å². The summed E-state index contributed by atoms with van der Waals surface area (Å²) in [7, 11) is 1.34. The number of carbonyl (C=O) groups excluding carboxylic acids is 2. The van der Waals surface area contributed by atoms with Crippen molar-refractivity contribution < 1.29 is 23.5 Å². The van der Waals surface area contributed by atoms with E-state index in [2.05, 4.69) is 0 Å². The van der Waals surface area contributed by atoms with Gasteiger partial charge in [-0.05, 0) is 65.9 Å². The first kappa shape index (κ1) is 20.7. The standard InChI is InChI=1S/C27H21NO5/c1-31-26(29)18-10-8-17(9-11-18)16-33-27(30)24-21-6-2-3-7-23(21)28-25-19(12-13-22(24)25)15-20-5-4-14-32-20/h2-11,14-15H,12-13,16H2,1H3. The van der Waals surface area contributed by atoms with E-state index in [1.165, 1.54) is 7.11 Å². The van der Waals surface area contributed by atoms with Crippen LogP contribution in [0.5, 0.6) is 0 Å². The molecule has 0 unspecified atom stereocenters. The van der Waals surface area contributed by atoms with Gasteiger partial charge in [-0.1, -0.05) is 30.3 Å². The Hall–Kier alpha value is -4.19. The van der Waals surface area contributed by atoms with Crippen LogP contribution in [-0.4, -0.2) is 24.0 Å². The average molecular weight is 439 g/mol. The van der Waals surface area contributed by atoms with Gasteiger partial charge < -0.3 is 13.9 Å². The van der Waals surface area contributed by atoms with E-state index in [4.69, 9.17) is 18.9 Å². The lowest BCUT2D eigenvalue weighted by molar-refractivity contribution is 0.0472. The van der Waals surface area contributed by atoms with Crippen molar-refractivity contribution in [3.05, 3.63) is 101 Å². The maximum Gasteiger partial charge on any atom is 0.339 e. The number of fused-ring (bicyclic) bond motifs is 2. The number of allylic oxidation sites excluding steroid dienone is 1. The number of nitrogens with zero attached hydrogens (tertiary/aromatic N) is 1. The lowest BCUT2D eigenvalue weighted by Crippen LogP contribution is -2.10. The van der Waals surface area contributed by atoms with Gasteiger partial charge in [-0.3, -0.25) is 0 Å². The predicted molar refractivity (Wildman–Crippen MR) is 124 cm³/mol. The summed E-state index contributed by atoms with van der Waals surface area (Å²) >= 11 is 0. The molecule has 6 heteroatoms. The minimum Gasteiger partial charge on any atom is -0.465 e. The van der Waals surface area contributed by atoms with Gasteiger partial charge in [0.2, 0.25) is 0 Å². The molecule has 4 aromatic rings. The Kier molecular flexibility index (Phi) is 5.48. The summed E-state index contributed by atoms with van der Waals surface area (Å²) in [6.07, 6.45) is 5.09. The fourth-order valence-electron chi connectivity index (χ4n) is 4.13. The van der Waals surface area contributed by atoms with Gasteiger partial charge in [0.05, 0.1) is 35.7 Å². The van der Waals surface area contributed by atoms with Crippen molar-refractivity contribution in [3.8, 4) is 0 Å². The molecule has 6 nitrogen and oxygen atoms in total. The van der Waals surface area contributed by atoms with Crippen LogP contribution in [0.1, 0.15) is 49.7 Å². The number of methoxy groups -OCH3 is 1. The number of carbonyl (C=O) groups is 2. The molecule has 0 saturated carbocycles. The molecule has 5 rings (SSSR count). The molecule has 0 spiro atoms. The van der Waals surface area contributed by atoms with E-state index in [-0.39, 0.29) is 12.6 Å². The third-order valence-corrected chi connectivity index (χ3v) is 5.75. The van der Waals surface area contributed by atoms with Crippen molar-refractivity contribution in [3.63, 3.8) is 0 Å². The number of benzene rings is 2. The topological polar surface area (TPSA) is 78.6 Å². The van der Waals surface area contributed by atoms with E-state index in [0.29, 0.717) is 17.5 Å². The summed E-state index contributed by atoms with van der Waals surface area (Å²) < 4.78 is 15.9. The minimum atomic E-state index is -0.407. The molecule has 0 saturated heterocycles. The summed E-state index contributed by atoms with van der Waals surface area (Å²) in [6, 6.07) is 18.2.